The normalized spacial score (nSPS) is 13.4. The highest BCUT2D eigenvalue weighted by molar-refractivity contribution is 7.81. The lowest BCUT2D eigenvalue weighted by atomic mass is 10.4. The maximum absolute atomic E-state index is 10.0. The second-order valence-corrected chi connectivity index (χ2v) is 4.37. The zero-order valence-electron chi connectivity index (χ0n) is 6.73. The Morgan fingerprint density at radius 1 is 1.00 bits per heavy atom. The molecule has 0 radical (unpaired) electrons. The van der Waals surface area contributed by atoms with Crippen molar-refractivity contribution in [2.24, 2.45) is 5.73 Å². The first-order valence-corrected chi connectivity index (χ1v) is 5.82. The van der Waals surface area contributed by atoms with E-state index in [9.17, 15) is 16.8 Å². The Balaban J connectivity index is 3.84. The van der Waals surface area contributed by atoms with Crippen LogP contribution < -0.4 is 5.73 Å². The van der Waals surface area contributed by atoms with E-state index in [0.29, 0.717) is 0 Å². The molecule has 9 nitrogen and oxygen atoms in total. The first-order chi connectivity index (χ1) is 6.10. The molecule has 0 aliphatic heterocycles. The minimum atomic E-state index is -4.62. The van der Waals surface area contributed by atoms with Crippen LogP contribution in [0.2, 0.25) is 0 Å². The highest BCUT2D eigenvalue weighted by Gasteiger charge is 2.13. The molecule has 0 aromatic heterocycles. The quantitative estimate of drug-likeness (QED) is 0.452. The van der Waals surface area contributed by atoms with Gasteiger partial charge in [-0.05, 0) is 0 Å². The maximum Gasteiger partial charge on any atom is 0.397 e. The molecule has 0 spiro atoms. The third kappa shape index (κ3) is 9.79. The van der Waals surface area contributed by atoms with Crippen molar-refractivity contribution in [3.63, 3.8) is 0 Å². The summed E-state index contributed by atoms with van der Waals surface area (Å²) in [5, 5.41) is 0. The predicted octanol–water partition coefficient (Wildman–Crippen LogP) is -2.05. The molecule has 0 aromatic carbocycles. The largest absolute Gasteiger partial charge is 0.397 e. The van der Waals surface area contributed by atoms with Crippen LogP contribution in [0.1, 0.15) is 0 Å². The summed E-state index contributed by atoms with van der Waals surface area (Å²) in [6, 6.07) is -1.13. The van der Waals surface area contributed by atoms with Gasteiger partial charge in [0.05, 0.1) is 19.3 Å². The fourth-order valence-electron chi connectivity index (χ4n) is 0.395. The topological polar surface area (TPSA) is 153 Å². The molecular formula is C3H9NO8S2. The number of hydrogen-bond donors (Lipinski definition) is 3. The van der Waals surface area contributed by atoms with E-state index in [4.69, 9.17) is 14.8 Å². The van der Waals surface area contributed by atoms with Gasteiger partial charge in [0.25, 0.3) is 0 Å². The van der Waals surface area contributed by atoms with Crippen LogP contribution in [0.15, 0.2) is 0 Å². The predicted molar refractivity (Wildman–Crippen MR) is 43.0 cm³/mol. The summed E-state index contributed by atoms with van der Waals surface area (Å²) in [5.41, 5.74) is 5.09. The molecule has 0 saturated heterocycles. The van der Waals surface area contributed by atoms with Crippen LogP contribution in [-0.4, -0.2) is 45.2 Å². The molecule has 0 fully saturated rings. The van der Waals surface area contributed by atoms with Gasteiger partial charge in [0.15, 0.2) is 0 Å². The summed E-state index contributed by atoms with van der Waals surface area (Å²) in [5.74, 6) is 0. The zero-order valence-corrected chi connectivity index (χ0v) is 8.36. The summed E-state index contributed by atoms with van der Waals surface area (Å²) in [6.07, 6.45) is 0. The maximum atomic E-state index is 10.0. The van der Waals surface area contributed by atoms with Crippen molar-refractivity contribution in [3.05, 3.63) is 0 Å². The molecular weight excluding hydrogens is 242 g/mol. The molecule has 0 unspecified atom stereocenters. The van der Waals surface area contributed by atoms with Gasteiger partial charge in [0.1, 0.15) is 0 Å². The summed E-state index contributed by atoms with van der Waals surface area (Å²) >= 11 is 0. The fourth-order valence-corrected chi connectivity index (χ4v) is 1.09. The van der Waals surface area contributed by atoms with Crippen molar-refractivity contribution >= 4 is 20.8 Å². The van der Waals surface area contributed by atoms with Crippen LogP contribution in [0, 0.1) is 0 Å². The summed E-state index contributed by atoms with van der Waals surface area (Å²) in [6.45, 7) is -1.34. The first-order valence-electron chi connectivity index (χ1n) is 3.09. The van der Waals surface area contributed by atoms with Crippen LogP contribution in [-0.2, 0) is 29.2 Å². The Morgan fingerprint density at radius 3 is 1.50 bits per heavy atom. The first kappa shape index (κ1) is 13.7. The van der Waals surface area contributed by atoms with Crippen LogP contribution in [0.5, 0.6) is 0 Å². The van der Waals surface area contributed by atoms with Crippen molar-refractivity contribution in [2.45, 2.75) is 6.04 Å². The monoisotopic (exact) mass is 251 g/mol. The van der Waals surface area contributed by atoms with Gasteiger partial charge >= 0.3 is 20.8 Å². The smallest absolute Gasteiger partial charge is 0.324 e. The lowest BCUT2D eigenvalue weighted by Crippen LogP contribution is -2.33. The Labute approximate surface area is 80.7 Å². The molecule has 4 N–H and O–H groups in total. The van der Waals surface area contributed by atoms with Gasteiger partial charge in [0, 0.05) is 0 Å². The van der Waals surface area contributed by atoms with Crippen LogP contribution in [0.4, 0.5) is 0 Å². The van der Waals surface area contributed by atoms with E-state index >= 15 is 0 Å². The van der Waals surface area contributed by atoms with E-state index in [1.165, 1.54) is 0 Å². The van der Waals surface area contributed by atoms with E-state index in [1.54, 1.807) is 0 Å². The summed E-state index contributed by atoms with van der Waals surface area (Å²) in [7, 11) is -9.24. The summed E-state index contributed by atoms with van der Waals surface area (Å²) < 4.78 is 63.8. The van der Waals surface area contributed by atoms with E-state index in [-0.39, 0.29) is 0 Å². The van der Waals surface area contributed by atoms with Crippen LogP contribution in [0.25, 0.3) is 0 Å². The Kier molecular flexibility index (Phi) is 4.87. The fraction of sp³-hybridized carbons (Fsp3) is 1.00. The van der Waals surface area contributed by atoms with Gasteiger partial charge in [-0.15, -0.1) is 0 Å². The molecule has 0 bridgehead atoms. The lowest BCUT2D eigenvalue weighted by Gasteiger charge is -2.08. The average molecular weight is 251 g/mol. The molecule has 0 amide bonds. The van der Waals surface area contributed by atoms with Gasteiger partial charge in [-0.1, -0.05) is 0 Å². The Morgan fingerprint density at radius 2 is 1.29 bits per heavy atom. The molecule has 0 saturated carbocycles. The van der Waals surface area contributed by atoms with Crippen molar-refractivity contribution in [3.8, 4) is 0 Å². The van der Waals surface area contributed by atoms with Gasteiger partial charge in [-0.25, -0.2) is 8.37 Å². The second kappa shape index (κ2) is 4.97. The molecule has 0 aromatic rings. The molecule has 0 atom stereocenters. The molecule has 0 rings (SSSR count). The molecule has 11 heteroatoms. The molecule has 86 valence electrons. The van der Waals surface area contributed by atoms with Crippen molar-refractivity contribution < 1.29 is 34.3 Å². The van der Waals surface area contributed by atoms with E-state index < -0.39 is 40.1 Å². The van der Waals surface area contributed by atoms with Crippen molar-refractivity contribution in [1.29, 1.82) is 0 Å². The Hall–Kier alpha value is -0.300. The number of rotatable bonds is 6. The molecule has 0 aliphatic carbocycles. The second-order valence-electron chi connectivity index (χ2n) is 2.18. The molecule has 0 aliphatic rings. The number of nitrogens with two attached hydrogens (primary N) is 1. The SMILES string of the molecule is NC(COS(=O)(=O)O)COS(=O)(=O)O. The third-order valence-electron chi connectivity index (χ3n) is 0.862. The van der Waals surface area contributed by atoms with E-state index in [0.717, 1.165) is 0 Å². The highest BCUT2D eigenvalue weighted by atomic mass is 32.3. The van der Waals surface area contributed by atoms with Crippen molar-refractivity contribution in [2.75, 3.05) is 13.2 Å². The van der Waals surface area contributed by atoms with Crippen molar-refractivity contribution in [1.82, 2.24) is 0 Å². The van der Waals surface area contributed by atoms with Crippen LogP contribution in [0.3, 0.4) is 0 Å². The number of hydrogen-bond acceptors (Lipinski definition) is 7. The zero-order chi connectivity index (χ0) is 11.4. The van der Waals surface area contributed by atoms with E-state index in [1.807, 2.05) is 0 Å². The van der Waals surface area contributed by atoms with Gasteiger partial charge < -0.3 is 5.73 Å². The standard InChI is InChI=1S/C3H9NO8S2/c4-3(1-11-13(5,6)7)2-12-14(8,9)10/h3H,1-2,4H2,(H,5,6,7)(H,8,9,10). The molecule has 0 heterocycles. The Bertz CT molecular complexity index is 320. The highest BCUT2D eigenvalue weighted by Crippen LogP contribution is 1.92. The minimum Gasteiger partial charge on any atom is -0.324 e. The molecule has 14 heavy (non-hydrogen) atoms. The van der Waals surface area contributed by atoms with Gasteiger partial charge in [0.2, 0.25) is 0 Å². The lowest BCUT2D eigenvalue weighted by molar-refractivity contribution is 0.197. The third-order valence-corrected chi connectivity index (χ3v) is 1.73. The van der Waals surface area contributed by atoms with Gasteiger partial charge in [-0.3, -0.25) is 9.11 Å². The van der Waals surface area contributed by atoms with Gasteiger partial charge in [-0.2, -0.15) is 16.8 Å². The summed E-state index contributed by atoms with van der Waals surface area (Å²) in [4.78, 5) is 0. The van der Waals surface area contributed by atoms with E-state index in [2.05, 4.69) is 8.37 Å². The van der Waals surface area contributed by atoms with Crippen LogP contribution >= 0.6 is 0 Å². The average Bonchev–Trinajstić information content (AvgIpc) is 1.94. The minimum absolute atomic E-state index is 0.672.